The van der Waals surface area contributed by atoms with E-state index in [2.05, 4.69) is 51.8 Å². The molecule has 1 aromatic heterocycles. The maximum absolute atomic E-state index is 12.3. The summed E-state index contributed by atoms with van der Waals surface area (Å²) in [5.41, 5.74) is 3.20. The second-order valence-electron chi connectivity index (χ2n) is 11.8. The molecule has 42 heavy (non-hydrogen) atoms. The molecule has 0 radical (unpaired) electrons. The molecule has 2 N–H and O–H groups in total. The topological polar surface area (TPSA) is 93.8 Å². The third kappa shape index (κ3) is 11.0. The van der Waals surface area contributed by atoms with E-state index < -0.39 is 18.5 Å². The van der Waals surface area contributed by atoms with Crippen LogP contribution >= 0.6 is 15.9 Å². The summed E-state index contributed by atoms with van der Waals surface area (Å²) in [6.07, 6.45) is 6.73. The van der Waals surface area contributed by atoms with E-state index in [1.54, 1.807) is 0 Å². The van der Waals surface area contributed by atoms with E-state index in [4.69, 9.17) is 24.6 Å². The van der Waals surface area contributed by atoms with E-state index in [0.717, 1.165) is 54.0 Å². The first kappa shape index (κ1) is 34.0. The van der Waals surface area contributed by atoms with Gasteiger partial charge in [-0.1, -0.05) is 55.8 Å². The highest BCUT2D eigenvalue weighted by atomic mass is 79.9. The van der Waals surface area contributed by atoms with Gasteiger partial charge in [-0.2, -0.15) is 5.10 Å². The standard InChI is InChI=1S/C26H37BrN2O3.C6H6BFO2/c1-5-9-22-24(27)25(21-10-7-6-8-11-21)28-29(22)16-19-12-14-20(15-13-19)17-31-18-23(30)32-26(2,3)4;8-6-3-1-2-5(4-6)7(9)10/h6-8,10-11,19-20H,5,9,12-18H2,1-4H3;1-4,9-10H/t19-,20-;. The fourth-order valence-electron chi connectivity index (χ4n) is 5.05. The van der Waals surface area contributed by atoms with Crippen molar-refractivity contribution in [1.29, 1.82) is 0 Å². The van der Waals surface area contributed by atoms with Crippen LogP contribution in [0.1, 0.15) is 65.5 Å². The van der Waals surface area contributed by atoms with Crippen LogP contribution in [0.3, 0.4) is 0 Å². The lowest BCUT2D eigenvalue weighted by atomic mass is 9.80. The van der Waals surface area contributed by atoms with Gasteiger partial charge in [-0.05, 0) is 98.2 Å². The van der Waals surface area contributed by atoms with E-state index in [0.29, 0.717) is 18.4 Å². The van der Waals surface area contributed by atoms with Gasteiger partial charge in [0.1, 0.15) is 23.7 Å². The van der Waals surface area contributed by atoms with Crippen molar-refractivity contribution in [2.45, 2.75) is 78.4 Å². The molecule has 0 amide bonds. The van der Waals surface area contributed by atoms with Crippen LogP contribution in [-0.4, -0.2) is 51.7 Å². The van der Waals surface area contributed by atoms with Gasteiger partial charge in [0.25, 0.3) is 0 Å². The number of halogens is 2. The van der Waals surface area contributed by atoms with E-state index in [9.17, 15) is 9.18 Å². The van der Waals surface area contributed by atoms with Gasteiger partial charge in [-0.25, -0.2) is 9.18 Å². The maximum Gasteiger partial charge on any atom is 0.488 e. The highest BCUT2D eigenvalue weighted by Crippen LogP contribution is 2.34. The Bertz CT molecular complexity index is 1260. The zero-order valence-corrected chi connectivity index (χ0v) is 26.6. The first-order valence-corrected chi connectivity index (χ1v) is 15.5. The van der Waals surface area contributed by atoms with E-state index in [1.165, 1.54) is 36.7 Å². The zero-order valence-electron chi connectivity index (χ0n) is 25.1. The lowest BCUT2D eigenvalue weighted by Gasteiger charge is -2.28. The molecule has 0 unspecified atom stereocenters. The summed E-state index contributed by atoms with van der Waals surface area (Å²) in [4.78, 5) is 11.8. The van der Waals surface area contributed by atoms with Gasteiger partial charge in [-0.3, -0.25) is 4.68 Å². The molecule has 1 saturated carbocycles. The van der Waals surface area contributed by atoms with Crippen LogP contribution in [0.25, 0.3) is 11.3 Å². The largest absolute Gasteiger partial charge is 0.488 e. The monoisotopic (exact) mass is 644 g/mol. The van der Waals surface area contributed by atoms with E-state index in [-0.39, 0.29) is 18.0 Å². The highest BCUT2D eigenvalue weighted by molar-refractivity contribution is 9.10. The smallest absolute Gasteiger partial charge is 0.458 e. The molecule has 3 aromatic rings. The van der Waals surface area contributed by atoms with Crippen molar-refractivity contribution < 1.29 is 28.7 Å². The summed E-state index contributed by atoms with van der Waals surface area (Å²) in [5.74, 6) is 0.398. The number of aromatic nitrogens is 2. The van der Waals surface area contributed by atoms with Gasteiger partial charge in [0, 0.05) is 12.1 Å². The van der Waals surface area contributed by atoms with E-state index in [1.807, 2.05) is 26.8 Å². The quantitative estimate of drug-likeness (QED) is 0.210. The number of esters is 1. The summed E-state index contributed by atoms with van der Waals surface area (Å²) in [6.45, 7) is 9.48. The Kier molecular flexibility index (Phi) is 13.2. The van der Waals surface area contributed by atoms with Crippen LogP contribution in [0.2, 0.25) is 0 Å². The number of ether oxygens (including phenoxy) is 2. The Balaban J connectivity index is 0.000000408. The van der Waals surface area contributed by atoms with Crippen LogP contribution in [0.4, 0.5) is 4.39 Å². The Morgan fingerprint density at radius 3 is 2.31 bits per heavy atom. The molecule has 0 aliphatic heterocycles. The molecule has 2 aromatic carbocycles. The lowest BCUT2D eigenvalue weighted by molar-refractivity contribution is -0.160. The summed E-state index contributed by atoms with van der Waals surface area (Å²) in [5, 5.41) is 22.1. The number of hydrogen-bond acceptors (Lipinski definition) is 6. The van der Waals surface area contributed by atoms with Crippen LogP contribution in [0.5, 0.6) is 0 Å². The molecule has 1 fully saturated rings. The summed E-state index contributed by atoms with van der Waals surface area (Å²) in [7, 11) is -1.59. The zero-order chi connectivity index (χ0) is 30.7. The highest BCUT2D eigenvalue weighted by Gasteiger charge is 2.25. The number of nitrogens with zero attached hydrogens (tertiary/aromatic N) is 2. The minimum absolute atomic E-state index is 0.0428. The third-order valence-electron chi connectivity index (χ3n) is 7.07. The molecule has 0 atom stereocenters. The summed E-state index contributed by atoms with van der Waals surface area (Å²) < 4.78 is 26.6. The van der Waals surface area contributed by atoms with Gasteiger partial charge in [-0.15, -0.1) is 0 Å². The molecule has 1 aliphatic rings. The van der Waals surface area contributed by atoms with Crippen molar-refractivity contribution in [2.75, 3.05) is 13.2 Å². The fraction of sp³-hybridized carbons (Fsp3) is 0.500. The van der Waals surface area contributed by atoms with E-state index >= 15 is 0 Å². The predicted molar refractivity (Wildman–Crippen MR) is 168 cm³/mol. The Morgan fingerprint density at radius 2 is 1.74 bits per heavy atom. The second-order valence-corrected chi connectivity index (χ2v) is 12.6. The second kappa shape index (κ2) is 16.4. The van der Waals surface area contributed by atoms with Crippen molar-refractivity contribution in [3.8, 4) is 11.3 Å². The molecule has 228 valence electrons. The normalized spacial score (nSPS) is 16.9. The average Bonchev–Trinajstić information content (AvgIpc) is 3.24. The molecular formula is C32H43BBrFN2O5. The first-order valence-electron chi connectivity index (χ1n) is 14.7. The third-order valence-corrected chi connectivity index (χ3v) is 7.90. The van der Waals surface area contributed by atoms with Crippen molar-refractivity contribution >= 4 is 34.5 Å². The number of carbonyl (C=O) groups is 1. The number of rotatable bonds is 10. The van der Waals surface area contributed by atoms with Gasteiger partial charge in [0.15, 0.2) is 0 Å². The Morgan fingerprint density at radius 1 is 1.07 bits per heavy atom. The van der Waals surface area contributed by atoms with Crippen molar-refractivity contribution in [1.82, 2.24) is 9.78 Å². The molecule has 0 spiro atoms. The summed E-state index contributed by atoms with van der Waals surface area (Å²) in [6, 6.07) is 15.6. The van der Waals surface area contributed by atoms with Crippen LogP contribution < -0.4 is 5.46 Å². The maximum atomic E-state index is 12.3. The minimum atomic E-state index is -1.59. The van der Waals surface area contributed by atoms with Gasteiger partial charge in [0.05, 0.1) is 16.8 Å². The van der Waals surface area contributed by atoms with Gasteiger partial charge >= 0.3 is 13.1 Å². The fourth-order valence-corrected chi connectivity index (χ4v) is 5.77. The van der Waals surface area contributed by atoms with Crippen molar-refractivity contribution in [3.05, 3.63) is 70.6 Å². The SMILES string of the molecule is CCCc1c(Br)c(-c2ccccc2)nn1C[C@H]1CC[C@H](COCC(=O)OC(C)(C)C)CC1.OB(O)c1cccc(F)c1. The first-order chi connectivity index (χ1) is 20.0. The molecule has 4 rings (SSSR count). The molecule has 1 aliphatic carbocycles. The molecular weight excluding hydrogens is 602 g/mol. The van der Waals surface area contributed by atoms with Crippen molar-refractivity contribution in [2.24, 2.45) is 11.8 Å². The Labute approximate surface area is 257 Å². The van der Waals surface area contributed by atoms with Crippen LogP contribution in [-0.2, 0) is 27.2 Å². The molecule has 7 nitrogen and oxygen atoms in total. The number of carbonyl (C=O) groups excluding carboxylic acids is 1. The lowest BCUT2D eigenvalue weighted by Crippen LogP contribution is -2.29. The molecule has 0 saturated heterocycles. The molecule has 1 heterocycles. The Hall–Kier alpha value is -2.53. The molecule has 10 heteroatoms. The summed E-state index contributed by atoms with van der Waals surface area (Å²) >= 11 is 3.83. The van der Waals surface area contributed by atoms with Crippen molar-refractivity contribution in [3.63, 3.8) is 0 Å². The van der Waals surface area contributed by atoms with Crippen LogP contribution in [0, 0.1) is 17.7 Å². The molecule has 0 bridgehead atoms. The average molecular weight is 645 g/mol. The number of hydrogen-bond donors (Lipinski definition) is 2. The van der Waals surface area contributed by atoms with Gasteiger partial charge in [0.2, 0.25) is 0 Å². The van der Waals surface area contributed by atoms with Crippen LogP contribution in [0.15, 0.2) is 59.1 Å². The van der Waals surface area contributed by atoms with Gasteiger partial charge < -0.3 is 19.5 Å². The minimum Gasteiger partial charge on any atom is -0.458 e. The number of benzene rings is 2. The predicted octanol–water partition coefficient (Wildman–Crippen LogP) is 5.94.